The van der Waals surface area contributed by atoms with E-state index in [0.29, 0.717) is 37.0 Å². The molecule has 9 heteroatoms. The summed E-state index contributed by atoms with van der Waals surface area (Å²) in [6.45, 7) is 1.58. The van der Waals surface area contributed by atoms with E-state index in [4.69, 9.17) is 9.47 Å². The van der Waals surface area contributed by atoms with Crippen LogP contribution in [0.25, 0.3) is 0 Å². The molecule has 1 aliphatic heterocycles. The van der Waals surface area contributed by atoms with Gasteiger partial charge in [-0.25, -0.2) is 0 Å². The van der Waals surface area contributed by atoms with Crippen LogP contribution in [0, 0.1) is 6.92 Å². The van der Waals surface area contributed by atoms with Gasteiger partial charge >= 0.3 is 6.61 Å². The molecule has 0 bridgehead atoms. The van der Waals surface area contributed by atoms with Gasteiger partial charge in [-0.1, -0.05) is 24.3 Å². The maximum Gasteiger partial charge on any atom is 0.387 e. The van der Waals surface area contributed by atoms with Gasteiger partial charge in [-0.15, -0.1) is 24.0 Å². The molecule has 1 saturated heterocycles. The van der Waals surface area contributed by atoms with E-state index in [1.165, 1.54) is 24.3 Å². The number of benzene rings is 2. The third-order valence-corrected chi connectivity index (χ3v) is 5.91. The van der Waals surface area contributed by atoms with Gasteiger partial charge in [0.1, 0.15) is 11.5 Å². The highest BCUT2D eigenvalue weighted by Crippen LogP contribution is 2.36. The fourth-order valence-corrected chi connectivity index (χ4v) is 4.16. The van der Waals surface area contributed by atoms with Gasteiger partial charge in [0.05, 0.1) is 7.11 Å². The van der Waals surface area contributed by atoms with E-state index in [0.717, 1.165) is 12.8 Å². The lowest BCUT2D eigenvalue weighted by atomic mass is 9.72. The molecule has 1 fully saturated rings. The predicted molar refractivity (Wildman–Crippen MR) is 136 cm³/mol. The summed E-state index contributed by atoms with van der Waals surface area (Å²) in [6.07, 6.45) is 1.81. The number of alkyl halides is 2. The number of methoxy groups -OCH3 is 1. The van der Waals surface area contributed by atoms with E-state index in [-0.39, 0.29) is 41.7 Å². The van der Waals surface area contributed by atoms with Crippen molar-refractivity contribution in [3.05, 3.63) is 59.2 Å². The zero-order valence-electron chi connectivity index (χ0n) is 19.2. The summed E-state index contributed by atoms with van der Waals surface area (Å²) < 4.78 is 41.1. The molecule has 0 spiro atoms. The molecule has 2 N–H and O–H groups in total. The van der Waals surface area contributed by atoms with Gasteiger partial charge in [-0.3, -0.25) is 4.99 Å². The van der Waals surface area contributed by atoms with Gasteiger partial charge in [0, 0.05) is 44.3 Å². The molecular weight excluding hydrogens is 543 g/mol. The first-order valence-corrected chi connectivity index (χ1v) is 10.7. The lowest BCUT2D eigenvalue weighted by Crippen LogP contribution is -2.48. The van der Waals surface area contributed by atoms with Crippen molar-refractivity contribution in [2.24, 2.45) is 4.99 Å². The van der Waals surface area contributed by atoms with Crippen LogP contribution in [0.2, 0.25) is 0 Å². The first-order chi connectivity index (χ1) is 15.5. The Kier molecular flexibility index (Phi) is 10.6. The Bertz CT molecular complexity index is 922. The average Bonchev–Trinajstić information content (AvgIpc) is 2.80. The van der Waals surface area contributed by atoms with Gasteiger partial charge < -0.3 is 24.8 Å². The summed E-state index contributed by atoms with van der Waals surface area (Å²) in [4.78, 5) is 4.31. The fourth-order valence-electron chi connectivity index (χ4n) is 4.16. The van der Waals surface area contributed by atoms with Crippen molar-refractivity contribution >= 4 is 29.9 Å². The normalized spacial score (nSPS) is 15.5. The Hall–Kier alpha value is -2.14. The standard InChI is InChI=1S/C24H31F2N3O3.HI/c1-17-6-4-5-7-20(17)24(10-12-31-13-11-24)16-29-23(27-2)28-15-18-14-19(30-3)8-9-21(18)32-22(25)26;/h4-9,14,22H,10-13,15-16H2,1-3H3,(H2,27,28,29);1H. The molecule has 33 heavy (non-hydrogen) atoms. The van der Waals surface area contributed by atoms with Gasteiger partial charge in [0.2, 0.25) is 0 Å². The maximum absolute atomic E-state index is 12.8. The topological polar surface area (TPSA) is 64.1 Å². The highest BCUT2D eigenvalue weighted by Gasteiger charge is 2.35. The number of aliphatic imine (C=N–C) groups is 1. The smallest absolute Gasteiger partial charge is 0.387 e. The van der Waals surface area contributed by atoms with Crippen molar-refractivity contribution < 1.29 is 23.0 Å². The van der Waals surface area contributed by atoms with Crippen molar-refractivity contribution in [1.82, 2.24) is 10.6 Å². The van der Waals surface area contributed by atoms with E-state index >= 15 is 0 Å². The molecule has 6 nitrogen and oxygen atoms in total. The second-order valence-electron chi connectivity index (χ2n) is 7.84. The molecule has 0 atom stereocenters. The van der Waals surface area contributed by atoms with E-state index in [1.807, 2.05) is 6.07 Å². The van der Waals surface area contributed by atoms with Gasteiger partial charge in [-0.2, -0.15) is 8.78 Å². The Labute approximate surface area is 211 Å². The molecule has 2 aromatic rings. The lowest BCUT2D eigenvalue weighted by molar-refractivity contribution is -0.0505. The second kappa shape index (κ2) is 12.9. The molecule has 182 valence electrons. The SMILES string of the molecule is CN=C(NCc1cc(OC)ccc1OC(F)F)NCC1(c2ccccc2C)CCOCC1.I. The summed E-state index contributed by atoms with van der Waals surface area (Å²) in [6, 6.07) is 13.2. The van der Waals surface area contributed by atoms with E-state index in [1.54, 1.807) is 19.2 Å². The van der Waals surface area contributed by atoms with Crippen molar-refractivity contribution in [2.45, 2.75) is 38.3 Å². The molecule has 0 amide bonds. The molecule has 0 saturated carbocycles. The minimum Gasteiger partial charge on any atom is -0.497 e. The van der Waals surface area contributed by atoms with Crippen molar-refractivity contribution in [2.75, 3.05) is 33.9 Å². The summed E-state index contributed by atoms with van der Waals surface area (Å²) in [5, 5.41) is 6.63. The van der Waals surface area contributed by atoms with Crippen LogP contribution in [-0.4, -0.2) is 46.5 Å². The number of halogens is 3. The van der Waals surface area contributed by atoms with E-state index in [2.05, 4.69) is 45.5 Å². The Morgan fingerprint density at radius 1 is 1.15 bits per heavy atom. The Morgan fingerprint density at radius 2 is 1.88 bits per heavy atom. The van der Waals surface area contributed by atoms with Crippen LogP contribution in [-0.2, 0) is 16.7 Å². The third kappa shape index (κ3) is 7.17. The van der Waals surface area contributed by atoms with Crippen molar-refractivity contribution in [3.63, 3.8) is 0 Å². The first kappa shape index (κ1) is 27.1. The lowest BCUT2D eigenvalue weighted by Gasteiger charge is -2.39. The number of rotatable bonds is 8. The molecule has 1 heterocycles. The molecular formula is C24H32F2IN3O3. The summed E-state index contributed by atoms with van der Waals surface area (Å²) in [5.74, 6) is 1.24. The molecule has 0 unspecified atom stereocenters. The minimum atomic E-state index is -2.90. The maximum atomic E-state index is 12.8. The summed E-state index contributed by atoms with van der Waals surface area (Å²) in [7, 11) is 3.21. The fraction of sp³-hybridized carbons (Fsp3) is 0.458. The van der Waals surface area contributed by atoms with Crippen molar-refractivity contribution in [1.29, 1.82) is 0 Å². The Morgan fingerprint density at radius 3 is 2.52 bits per heavy atom. The highest BCUT2D eigenvalue weighted by molar-refractivity contribution is 14.0. The van der Waals surface area contributed by atoms with Crippen LogP contribution < -0.4 is 20.1 Å². The number of aryl methyl sites for hydroxylation is 1. The largest absolute Gasteiger partial charge is 0.497 e. The number of ether oxygens (including phenoxy) is 3. The van der Waals surface area contributed by atoms with Gasteiger partial charge in [0.15, 0.2) is 5.96 Å². The highest BCUT2D eigenvalue weighted by atomic mass is 127. The van der Waals surface area contributed by atoms with Gasteiger partial charge in [0.25, 0.3) is 0 Å². The summed E-state index contributed by atoms with van der Waals surface area (Å²) >= 11 is 0. The zero-order chi connectivity index (χ0) is 23.0. The predicted octanol–water partition coefficient (Wildman–Crippen LogP) is 4.64. The number of hydrogen-bond donors (Lipinski definition) is 2. The number of nitrogens with zero attached hydrogens (tertiary/aromatic N) is 1. The number of nitrogens with one attached hydrogen (secondary N) is 2. The zero-order valence-corrected chi connectivity index (χ0v) is 21.5. The number of hydrogen-bond acceptors (Lipinski definition) is 4. The molecule has 3 rings (SSSR count). The van der Waals surface area contributed by atoms with E-state index in [9.17, 15) is 8.78 Å². The van der Waals surface area contributed by atoms with Gasteiger partial charge in [-0.05, 0) is 49.1 Å². The molecule has 0 aromatic heterocycles. The number of guanidine groups is 1. The quantitative estimate of drug-likeness (QED) is 0.273. The van der Waals surface area contributed by atoms with Crippen LogP contribution in [0.3, 0.4) is 0 Å². The van der Waals surface area contributed by atoms with Crippen LogP contribution in [0.4, 0.5) is 8.78 Å². The van der Waals surface area contributed by atoms with E-state index < -0.39 is 6.61 Å². The third-order valence-electron chi connectivity index (χ3n) is 5.91. The van der Waals surface area contributed by atoms with Crippen LogP contribution in [0.15, 0.2) is 47.5 Å². The van der Waals surface area contributed by atoms with Crippen LogP contribution in [0.5, 0.6) is 11.5 Å². The van der Waals surface area contributed by atoms with Crippen LogP contribution >= 0.6 is 24.0 Å². The summed E-state index contributed by atoms with van der Waals surface area (Å²) in [5.41, 5.74) is 3.05. The minimum absolute atomic E-state index is 0. The Balaban J connectivity index is 0.00000385. The van der Waals surface area contributed by atoms with Crippen LogP contribution in [0.1, 0.15) is 29.5 Å². The first-order valence-electron chi connectivity index (χ1n) is 10.7. The second-order valence-corrected chi connectivity index (χ2v) is 7.84. The molecule has 0 radical (unpaired) electrons. The molecule has 1 aliphatic rings. The molecule has 0 aliphatic carbocycles. The monoisotopic (exact) mass is 575 g/mol. The van der Waals surface area contributed by atoms with Crippen molar-refractivity contribution in [3.8, 4) is 11.5 Å². The average molecular weight is 575 g/mol. The molecule has 2 aromatic carbocycles.